The number of rotatable bonds is 0. The zero-order chi connectivity index (χ0) is 7.73. The topological polar surface area (TPSA) is 44.3 Å². The first-order valence-electron chi connectivity index (χ1n) is 4.47. The fraction of sp³-hybridized carbons (Fsp3) is 1.00. The lowest BCUT2D eigenvalue weighted by atomic mass is 9.85. The van der Waals surface area contributed by atoms with Crippen LogP contribution >= 0.6 is 0 Å². The highest BCUT2D eigenvalue weighted by atomic mass is 16.3. The summed E-state index contributed by atoms with van der Waals surface area (Å²) in [6.45, 7) is 3.05. The summed E-state index contributed by atoms with van der Waals surface area (Å²) in [5.41, 5.74) is 0.0260. The molecule has 2 rings (SSSR count). The molecule has 0 amide bonds. The normalized spacial score (nSPS) is 45.0. The Morgan fingerprint density at radius 2 is 2.27 bits per heavy atom. The highest BCUT2D eigenvalue weighted by Gasteiger charge is 2.41. The van der Waals surface area contributed by atoms with Crippen molar-refractivity contribution in [2.24, 2.45) is 0 Å². The molecule has 64 valence electrons. The molecule has 3 heteroatoms. The number of nitrogens with one attached hydrogen (secondary N) is 2. The molecule has 0 aromatic rings. The zero-order valence-electron chi connectivity index (χ0n) is 6.77. The van der Waals surface area contributed by atoms with Crippen LogP contribution in [0.1, 0.15) is 19.3 Å². The molecule has 0 aromatic heterocycles. The van der Waals surface area contributed by atoms with Crippen LogP contribution in [0.5, 0.6) is 0 Å². The van der Waals surface area contributed by atoms with Gasteiger partial charge in [-0.15, -0.1) is 0 Å². The molecule has 11 heavy (non-hydrogen) atoms. The van der Waals surface area contributed by atoms with Crippen LogP contribution in [0.4, 0.5) is 0 Å². The third-order valence-electron chi connectivity index (χ3n) is 2.96. The van der Waals surface area contributed by atoms with Gasteiger partial charge in [-0.3, -0.25) is 0 Å². The van der Waals surface area contributed by atoms with Crippen LogP contribution in [0.2, 0.25) is 0 Å². The van der Waals surface area contributed by atoms with Gasteiger partial charge < -0.3 is 15.7 Å². The highest BCUT2D eigenvalue weighted by Crippen LogP contribution is 2.25. The molecule has 0 saturated carbocycles. The van der Waals surface area contributed by atoms with Gasteiger partial charge in [0.15, 0.2) is 0 Å². The van der Waals surface area contributed by atoms with Crippen molar-refractivity contribution in [3.05, 3.63) is 0 Å². The maximum Gasteiger partial charge on any atom is 0.0735 e. The number of hydrogen-bond acceptors (Lipinski definition) is 3. The van der Waals surface area contributed by atoms with Crippen molar-refractivity contribution < 1.29 is 5.11 Å². The predicted octanol–water partition coefficient (Wildman–Crippen LogP) is -0.537. The summed E-state index contributed by atoms with van der Waals surface area (Å²) >= 11 is 0. The second-order valence-corrected chi connectivity index (χ2v) is 3.67. The van der Waals surface area contributed by atoms with Crippen LogP contribution in [0.25, 0.3) is 0 Å². The van der Waals surface area contributed by atoms with Crippen molar-refractivity contribution in [1.82, 2.24) is 10.6 Å². The first kappa shape index (κ1) is 7.53. The summed E-state index contributed by atoms with van der Waals surface area (Å²) in [6, 6.07) is 0. The maximum absolute atomic E-state index is 9.76. The Labute approximate surface area is 67.2 Å². The second kappa shape index (κ2) is 2.73. The molecular weight excluding hydrogens is 140 g/mol. The van der Waals surface area contributed by atoms with Gasteiger partial charge in [-0.25, -0.2) is 0 Å². The number of hydrogen-bond donors (Lipinski definition) is 3. The fourth-order valence-corrected chi connectivity index (χ4v) is 2.17. The minimum absolute atomic E-state index is 0.0260. The Balaban J connectivity index is 2.07. The molecule has 2 fully saturated rings. The monoisotopic (exact) mass is 156 g/mol. The molecule has 3 N–H and O–H groups in total. The molecule has 2 heterocycles. The molecule has 2 aliphatic heterocycles. The standard InChI is InChI=1S/C8H16N2O/c11-7-2-1-4-10-8(7)3-5-9-6-8/h7,9-11H,1-6H2. The van der Waals surface area contributed by atoms with E-state index in [0.29, 0.717) is 0 Å². The summed E-state index contributed by atoms with van der Waals surface area (Å²) in [6.07, 6.45) is 3.03. The van der Waals surface area contributed by atoms with Crippen molar-refractivity contribution in [2.45, 2.75) is 30.9 Å². The molecule has 2 unspecified atom stereocenters. The van der Waals surface area contributed by atoms with Gasteiger partial charge in [0.2, 0.25) is 0 Å². The van der Waals surface area contributed by atoms with Crippen LogP contribution in [0.3, 0.4) is 0 Å². The van der Waals surface area contributed by atoms with E-state index in [2.05, 4.69) is 10.6 Å². The Kier molecular flexibility index (Phi) is 1.87. The van der Waals surface area contributed by atoms with Crippen molar-refractivity contribution in [3.63, 3.8) is 0 Å². The van der Waals surface area contributed by atoms with E-state index < -0.39 is 0 Å². The van der Waals surface area contributed by atoms with Crippen molar-refractivity contribution >= 4 is 0 Å². The lowest BCUT2D eigenvalue weighted by Gasteiger charge is -2.38. The molecule has 3 nitrogen and oxygen atoms in total. The van der Waals surface area contributed by atoms with E-state index in [1.165, 1.54) is 0 Å². The van der Waals surface area contributed by atoms with Crippen molar-refractivity contribution in [2.75, 3.05) is 19.6 Å². The second-order valence-electron chi connectivity index (χ2n) is 3.67. The van der Waals surface area contributed by atoms with E-state index in [1.54, 1.807) is 0 Å². The molecule has 1 spiro atoms. The molecule has 0 aromatic carbocycles. The van der Waals surface area contributed by atoms with Crippen LogP contribution in [0.15, 0.2) is 0 Å². The Morgan fingerprint density at radius 1 is 1.36 bits per heavy atom. The van der Waals surface area contributed by atoms with Crippen molar-refractivity contribution in [1.29, 1.82) is 0 Å². The number of aliphatic hydroxyl groups excluding tert-OH is 1. The summed E-state index contributed by atoms with van der Waals surface area (Å²) in [5.74, 6) is 0. The van der Waals surface area contributed by atoms with E-state index in [-0.39, 0.29) is 11.6 Å². The van der Waals surface area contributed by atoms with E-state index >= 15 is 0 Å². The first-order chi connectivity index (χ1) is 5.33. The molecule has 0 radical (unpaired) electrons. The summed E-state index contributed by atoms with van der Waals surface area (Å²) in [7, 11) is 0. The van der Waals surface area contributed by atoms with Crippen LogP contribution in [-0.4, -0.2) is 36.4 Å². The first-order valence-corrected chi connectivity index (χ1v) is 4.47. The van der Waals surface area contributed by atoms with E-state index in [4.69, 9.17) is 0 Å². The molecule has 2 aliphatic rings. The molecule has 0 bridgehead atoms. The van der Waals surface area contributed by atoms with Gasteiger partial charge in [-0.05, 0) is 32.4 Å². The predicted molar refractivity (Wildman–Crippen MR) is 43.5 cm³/mol. The average molecular weight is 156 g/mol. The van der Waals surface area contributed by atoms with Gasteiger partial charge in [0, 0.05) is 6.54 Å². The van der Waals surface area contributed by atoms with E-state index in [9.17, 15) is 5.11 Å². The third-order valence-corrected chi connectivity index (χ3v) is 2.96. The Morgan fingerprint density at radius 3 is 2.91 bits per heavy atom. The smallest absolute Gasteiger partial charge is 0.0735 e. The van der Waals surface area contributed by atoms with Gasteiger partial charge >= 0.3 is 0 Å². The maximum atomic E-state index is 9.76. The SMILES string of the molecule is OC1CCCNC12CCNC2. The fourth-order valence-electron chi connectivity index (χ4n) is 2.17. The van der Waals surface area contributed by atoms with Crippen LogP contribution in [-0.2, 0) is 0 Å². The quantitative estimate of drug-likeness (QED) is 0.441. The number of piperidine rings is 1. The molecule has 0 aliphatic carbocycles. The minimum Gasteiger partial charge on any atom is -0.391 e. The van der Waals surface area contributed by atoms with E-state index in [0.717, 1.165) is 38.9 Å². The lowest BCUT2D eigenvalue weighted by Crippen LogP contribution is -2.59. The summed E-state index contributed by atoms with van der Waals surface area (Å²) in [4.78, 5) is 0. The van der Waals surface area contributed by atoms with Gasteiger partial charge in [-0.1, -0.05) is 0 Å². The van der Waals surface area contributed by atoms with Crippen LogP contribution < -0.4 is 10.6 Å². The average Bonchev–Trinajstić information content (AvgIpc) is 2.46. The molecule has 2 saturated heterocycles. The van der Waals surface area contributed by atoms with Gasteiger partial charge in [0.25, 0.3) is 0 Å². The van der Waals surface area contributed by atoms with Gasteiger partial charge in [-0.2, -0.15) is 0 Å². The molecular formula is C8H16N2O. The van der Waals surface area contributed by atoms with Gasteiger partial charge in [0.05, 0.1) is 11.6 Å². The Hall–Kier alpha value is -0.120. The highest BCUT2D eigenvalue weighted by molar-refractivity contribution is 5.03. The minimum atomic E-state index is -0.133. The number of aliphatic hydroxyl groups is 1. The lowest BCUT2D eigenvalue weighted by molar-refractivity contribution is 0.0412. The van der Waals surface area contributed by atoms with Gasteiger partial charge in [0.1, 0.15) is 0 Å². The summed E-state index contributed by atoms with van der Waals surface area (Å²) < 4.78 is 0. The third kappa shape index (κ3) is 1.17. The van der Waals surface area contributed by atoms with E-state index in [1.807, 2.05) is 0 Å². The molecule has 2 atom stereocenters. The van der Waals surface area contributed by atoms with Crippen molar-refractivity contribution in [3.8, 4) is 0 Å². The Bertz CT molecular complexity index is 143. The zero-order valence-corrected chi connectivity index (χ0v) is 6.77. The summed E-state index contributed by atoms with van der Waals surface area (Å²) in [5, 5.41) is 16.5. The van der Waals surface area contributed by atoms with Crippen LogP contribution in [0, 0.1) is 0 Å². The largest absolute Gasteiger partial charge is 0.391 e.